The number of methoxy groups -OCH3 is 3. The number of hydrogen-bond donors (Lipinski definition) is 0. The molecule has 0 aromatic heterocycles. The first kappa shape index (κ1) is 15.7. The van der Waals surface area contributed by atoms with Crippen LogP contribution in [0.5, 0.6) is 11.5 Å². The van der Waals surface area contributed by atoms with Crippen LogP contribution >= 0.6 is 11.8 Å². The summed E-state index contributed by atoms with van der Waals surface area (Å²) in [4.78, 5) is 11.2. The van der Waals surface area contributed by atoms with Gasteiger partial charge in [-0.05, 0) is 18.2 Å². The van der Waals surface area contributed by atoms with Gasteiger partial charge in [-0.3, -0.25) is 4.79 Å². The Balaban J connectivity index is 2.62. The van der Waals surface area contributed by atoms with Crippen LogP contribution in [0.1, 0.15) is 18.9 Å². The predicted octanol–water partition coefficient (Wildman–Crippen LogP) is 2.89. The van der Waals surface area contributed by atoms with E-state index in [-0.39, 0.29) is 11.2 Å². The summed E-state index contributed by atoms with van der Waals surface area (Å²) in [7, 11) is 4.69. The Morgan fingerprint density at radius 3 is 2.58 bits per heavy atom. The highest BCUT2D eigenvalue weighted by atomic mass is 32.2. The standard InChI is InChI=1S/C14H20O4S/c1-10(7-14(15)18-4)19-9-11-8-12(16-2)5-6-13(11)17-3/h5-6,8,10H,7,9H2,1-4H3. The fourth-order valence-electron chi connectivity index (χ4n) is 1.60. The summed E-state index contributed by atoms with van der Waals surface area (Å²) in [5.41, 5.74) is 1.06. The van der Waals surface area contributed by atoms with Crippen molar-refractivity contribution in [1.82, 2.24) is 0 Å². The Morgan fingerprint density at radius 1 is 1.26 bits per heavy atom. The molecule has 0 aliphatic heterocycles. The Hall–Kier alpha value is -1.36. The summed E-state index contributed by atoms with van der Waals surface area (Å²) in [6, 6.07) is 5.71. The van der Waals surface area contributed by atoms with Crippen LogP contribution in [0.25, 0.3) is 0 Å². The molecular weight excluding hydrogens is 264 g/mol. The molecule has 106 valence electrons. The molecule has 0 bridgehead atoms. The molecule has 19 heavy (non-hydrogen) atoms. The van der Waals surface area contributed by atoms with Crippen molar-refractivity contribution in [1.29, 1.82) is 0 Å². The minimum Gasteiger partial charge on any atom is -0.497 e. The zero-order chi connectivity index (χ0) is 14.3. The second-order valence-corrected chi connectivity index (χ2v) is 5.51. The monoisotopic (exact) mass is 284 g/mol. The van der Waals surface area contributed by atoms with Crippen LogP contribution in [0.4, 0.5) is 0 Å². The molecule has 5 heteroatoms. The van der Waals surface area contributed by atoms with Gasteiger partial charge in [0, 0.05) is 16.6 Å². The van der Waals surface area contributed by atoms with Crippen LogP contribution in [0, 0.1) is 0 Å². The molecule has 1 aromatic rings. The van der Waals surface area contributed by atoms with Crippen LogP contribution in [0.3, 0.4) is 0 Å². The van der Waals surface area contributed by atoms with Crippen LogP contribution < -0.4 is 9.47 Å². The number of carbonyl (C=O) groups is 1. The first-order valence-corrected chi connectivity index (χ1v) is 7.05. The molecule has 1 aromatic carbocycles. The van der Waals surface area contributed by atoms with Crippen molar-refractivity contribution in [3.8, 4) is 11.5 Å². The zero-order valence-corrected chi connectivity index (χ0v) is 12.6. The van der Waals surface area contributed by atoms with Gasteiger partial charge in [0.25, 0.3) is 0 Å². The van der Waals surface area contributed by atoms with Crippen LogP contribution in [0.15, 0.2) is 18.2 Å². The molecule has 0 aliphatic carbocycles. The molecule has 4 nitrogen and oxygen atoms in total. The van der Waals surface area contributed by atoms with Gasteiger partial charge in [-0.15, -0.1) is 0 Å². The lowest BCUT2D eigenvalue weighted by Crippen LogP contribution is -2.08. The molecule has 0 amide bonds. The van der Waals surface area contributed by atoms with E-state index in [0.29, 0.717) is 6.42 Å². The van der Waals surface area contributed by atoms with Crippen molar-refractivity contribution in [3.63, 3.8) is 0 Å². The van der Waals surface area contributed by atoms with Crippen molar-refractivity contribution in [2.75, 3.05) is 21.3 Å². The number of carbonyl (C=O) groups excluding carboxylic acids is 1. The largest absolute Gasteiger partial charge is 0.497 e. The van der Waals surface area contributed by atoms with Crippen molar-refractivity contribution in [2.45, 2.75) is 24.3 Å². The first-order chi connectivity index (χ1) is 9.10. The molecule has 0 spiro atoms. The van der Waals surface area contributed by atoms with Crippen LogP contribution in [-0.4, -0.2) is 32.5 Å². The smallest absolute Gasteiger partial charge is 0.306 e. The number of esters is 1. The van der Waals surface area contributed by atoms with Crippen molar-refractivity contribution in [2.24, 2.45) is 0 Å². The van der Waals surface area contributed by atoms with E-state index in [4.69, 9.17) is 9.47 Å². The topological polar surface area (TPSA) is 44.8 Å². The van der Waals surface area contributed by atoms with E-state index in [1.807, 2.05) is 25.1 Å². The summed E-state index contributed by atoms with van der Waals surface area (Å²) in [6.07, 6.45) is 0.410. The van der Waals surface area contributed by atoms with Crippen molar-refractivity contribution < 1.29 is 19.0 Å². The molecule has 0 N–H and O–H groups in total. The van der Waals surface area contributed by atoms with E-state index in [9.17, 15) is 4.79 Å². The minimum atomic E-state index is -0.183. The number of hydrogen-bond acceptors (Lipinski definition) is 5. The van der Waals surface area contributed by atoms with Gasteiger partial charge in [0.05, 0.1) is 27.8 Å². The molecule has 1 rings (SSSR count). The molecule has 0 saturated heterocycles. The minimum absolute atomic E-state index is 0.183. The molecule has 1 atom stereocenters. The maximum atomic E-state index is 11.2. The predicted molar refractivity (Wildman–Crippen MR) is 76.9 cm³/mol. The molecule has 0 aliphatic rings. The molecule has 0 fully saturated rings. The SMILES string of the molecule is COC(=O)CC(C)SCc1cc(OC)ccc1OC. The maximum Gasteiger partial charge on any atom is 0.306 e. The van der Waals surface area contributed by atoms with Crippen molar-refractivity contribution >= 4 is 17.7 Å². The maximum absolute atomic E-state index is 11.2. The number of rotatable bonds is 7. The molecular formula is C14H20O4S. The van der Waals surface area contributed by atoms with Gasteiger partial charge in [0.1, 0.15) is 11.5 Å². The Morgan fingerprint density at radius 2 is 2.00 bits per heavy atom. The normalized spacial score (nSPS) is 11.8. The average molecular weight is 284 g/mol. The fraction of sp³-hybridized carbons (Fsp3) is 0.500. The van der Waals surface area contributed by atoms with Gasteiger partial charge in [-0.2, -0.15) is 11.8 Å². The Labute approximate surface area is 118 Å². The first-order valence-electron chi connectivity index (χ1n) is 6.00. The van der Waals surface area contributed by atoms with Gasteiger partial charge < -0.3 is 14.2 Å². The van der Waals surface area contributed by atoms with E-state index in [0.717, 1.165) is 22.8 Å². The van der Waals surface area contributed by atoms with E-state index in [1.165, 1.54) is 7.11 Å². The Kier molecular flexibility index (Phi) is 6.56. The lowest BCUT2D eigenvalue weighted by molar-refractivity contribution is -0.140. The van der Waals surface area contributed by atoms with E-state index < -0.39 is 0 Å². The third-order valence-electron chi connectivity index (χ3n) is 2.69. The summed E-state index contributed by atoms with van der Waals surface area (Å²) >= 11 is 1.69. The number of thioether (sulfide) groups is 1. The van der Waals surface area contributed by atoms with E-state index in [1.54, 1.807) is 26.0 Å². The second-order valence-electron chi connectivity index (χ2n) is 4.08. The third-order valence-corrected chi connectivity index (χ3v) is 3.91. The fourth-order valence-corrected chi connectivity index (χ4v) is 2.55. The molecule has 0 radical (unpaired) electrons. The lowest BCUT2D eigenvalue weighted by Gasteiger charge is -2.13. The highest BCUT2D eigenvalue weighted by Gasteiger charge is 2.12. The Bertz CT molecular complexity index is 420. The second kappa shape index (κ2) is 7.94. The number of ether oxygens (including phenoxy) is 3. The summed E-state index contributed by atoms with van der Waals surface area (Å²) in [6.45, 7) is 2.01. The number of benzene rings is 1. The summed E-state index contributed by atoms with van der Waals surface area (Å²) < 4.78 is 15.2. The summed E-state index contributed by atoms with van der Waals surface area (Å²) in [5, 5.41) is 0.198. The van der Waals surface area contributed by atoms with Crippen LogP contribution in [-0.2, 0) is 15.3 Å². The van der Waals surface area contributed by atoms with Gasteiger partial charge in [0.2, 0.25) is 0 Å². The average Bonchev–Trinajstić information content (AvgIpc) is 2.44. The quantitative estimate of drug-likeness (QED) is 0.720. The highest BCUT2D eigenvalue weighted by Crippen LogP contribution is 2.29. The van der Waals surface area contributed by atoms with Gasteiger partial charge in [0.15, 0.2) is 0 Å². The van der Waals surface area contributed by atoms with E-state index >= 15 is 0 Å². The third kappa shape index (κ3) is 5.03. The molecule has 0 saturated carbocycles. The van der Waals surface area contributed by atoms with Gasteiger partial charge >= 0.3 is 5.97 Å². The van der Waals surface area contributed by atoms with Crippen molar-refractivity contribution in [3.05, 3.63) is 23.8 Å². The van der Waals surface area contributed by atoms with Gasteiger partial charge in [-0.1, -0.05) is 6.92 Å². The highest BCUT2D eigenvalue weighted by molar-refractivity contribution is 7.99. The molecule has 0 heterocycles. The van der Waals surface area contributed by atoms with Crippen LogP contribution in [0.2, 0.25) is 0 Å². The van der Waals surface area contributed by atoms with Gasteiger partial charge in [-0.25, -0.2) is 0 Å². The summed E-state index contributed by atoms with van der Waals surface area (Å²) in [5.74, 6) is 2.21. The van der Waals surface area contributed by atoms with E-state index in [2.05, 4.69) is 4.74 Å². The lowest BCUT2D eigenvalue weighted by atomic mass is 10.2. The molecule has 1 unspecified atom stereocenters. The zero-order valence-electron chi connectivity index (χ0n) is 11.8.